The van der Waals surface area contributed by atoms with Gasteiger partial charge in [0.05, 0.1) is 26.4 Å². The third-order valence-corrected chi connectivity index (χ3v) is 6.72. The van der Waals surface area contributed by atoms with Gasteiger partial charge in [0.15, 0.2) is 11.5 Å². The smallest absolute Gasteiger partial charge is 0.409 e. The number of hydrogen-bond acceptors (Lipinski definition) is 5. The predicted molar refractivity (Wildman–Crippen MR) is 124 cm³/mol. The Labute approximate surface area is 191 Å². The van der Waals surface area contributed by atoms with E-state index in [0.717, 1.165) is 18.4 Å². The molecule has 6 nitrogen and oxygen atoms in total. The number of aryl methyl sites for hydroxylation is 1. The van der Waals surface area contributed by atoms with Crippen LogP contribution in [-0.4, -0.2) is 55.6 Å². The molecule has 1 saturated heterocycles. The highest BCUT2D eigenvalue weighted by Gasteiger charge is 2.48. The van der Waals surface area contributed by atoms with Crippen LogP contribution in [0.5, 0.6) is 11.5 Å². The van der Waals surface area contributed by atoms with Crippen molar-refractivity contribution in [3.63, 3.8) is 0 Å². The number of carbonyl (C=O) groups is 1. The van der Waals surface area contributed by atoms with Crippen molar-refractivity contribution < 1.29 is 24.1 Å². The number of likely N-dealkylation sites (tertiary alicyclic amines) is 1. The molecule has 1 N–H and O–H groups in total. The van der Waals surface area contributed by atoms with E-state index in [4.69, 9.17) is 14.2 Å². The molecule has 1 amide bonds. The van der Waals surface area contributed by atoms with Crippen molar-refractivity contribution in [1.82, 2.24) is 4.90 Å². The van der Waals surface area contributed by atoms with E-state index >= 15 is 0 Å². The van der Waals surface area contributed by atoms with Crippen LogP contribution in [0.25, 0.3) is 0 Å². The van der Waals surface area contributed by atoms with Gasteiger partial charge in [-0.15, -0.1) is 0 Å². The Hall–Kier alpha value is -2.73. The van der Waals surface area contributed by atoms with Gasteiger partial charge in [0.25, 0.3) is 0 Å². The number of ether oxygens (including phenoxy) is 3. The van der Waals surface area contributed by atoms with E-state index in [1.54, 1.807) is 18.9 Å². The predicted octanol–water partition coefficient (Wildman–Crippen LogP) is 4.65. The van der Waals surface area contributed by atoms with Crippen LogP contribution in [0.1, 0.15) is 44.2 Å². The van der Waals surface area contributed by atoms with Gasteiger partial charge in [-0.25, -0.2) is 4.79 Å². The summed E-state index contributed by atoms with van der Waals surface area (Å²) in [7, 11) is 3.01. The number of aliphatic hydroxyl groups is 1. The average molecular weight is 442 g/mol. The minimum atomic E-state index is -0.599. The van der Waals surface area contributed by atoms with Crippen molar-refractivity contribution in [1.29, 1.82) is 0 Å². The number of methoxy groups -OCH3 is 2. The average Bonchev–Trinajstić information content (AvgIpc) is 3.17. The molecule has 4 atom stereocenters. The lowest BCUT2D eigenvalue weighted by atomic mass is 9.72. The summed E-state index contributed by atoms with van der Waals surface area (Å²) in [6.07, 6.45) is 0.832. The Balaban J connectivity index is 1.80. The van der Waals surface area contributed by atoms with Crippen LogP contribution in [0.2, 0.25) is 0 Å². The molecule has 1 heterocycles. The highest BCUT2D eigenvalue weighted by Crippen LogP contribution is 2.47. The third-order valence-electron chi connectivity index (χ3n) is 6.72. The van der Waals surface area contributed by atoms with E-state index in [-0.39, 0.29) is 18.1 Å². The molecule has 1 aliphatic rings. The van der Waals surface area contributed by atoms with E-state index in [1.807, 2.05) is 43.3 Å². The maximum absolute atomic E-state index is 12.2. The fraction of sp³-hybridized carbons (Fsp3) is 0.500. The van der Waals surface area contributed by atoms with Gasteiger partial charge in [0.1, 0.15) is 0 Å². The molecule has 1 fully saturated rings. The van der Waals surface area contributed by atoms with Crippen molar-refractivity contribution in [2.24, 2.45) is 5.41 Å². The molecule has 0 bridgehead atoms. The van der Waals surface area contributed by atoms with E-state index in [9.17, 15) is 9.90 Å². The molecular weight excluding hydrogens is 406 g/mol. The van der Waals surface area contributed by atoms with Gasteiger partial charge in [-0.3, -0.25) is 0 Å². The lowest BCUT2D eigenvalue weighted by Crippen LogP contribution is -2.38. The van der Waals surface area contributed by atoms with Crippen molar-refractivity contribution in [2.45, 2.75) is 51.7 Å². The molecule has 32 heavy (non-hydrogen) atoms. The first kappa shape index (κ1) is 23.9. The first-order valence-corrected chi connectivity index (χ1v) is 11.2. The Morgan fingerprint density at radius 2 is 1.88 bits per heavy atom. The van der Waals surface area contributed by atoms with Crippen molar-refractivity contribution in [2.75, 3.05) is 27.3 Å². The van der Waals surface area contributed by atoms with Crippen LogP contribution in [0, 0.1) is 5.41 Å². The second-order valence-electron chi connectivity index (χ2n) is 8.95. The summed E-state index contributed by atoms with van der Waals surface area (Å²) in [5.41, 5.74) is 1.79. The summed E-state index contributed by atoms with van der Waals surface area (Å²) in [6.45, 7) is 6.75. The van der Waals surface area contributed by atoms with E-state index < -0.39 is 11.5 Å². The van der Waals surface area contributed by atoms with Crippen LogP contribution in [-0.2, 0) is 11.2 Å². The summed E-state index contributed by atoms with van der Waals surface area (Å²) >= 11 is 0. The molecule has 1 unspecified atom stereocenters. The normalized spacial score (nSPS) is 22.3. The maximum atomic E-state index is 12.2. The third kappa shape index (κ3) is 5.18. The van der Waals surface area contributed by atoms with Crippen LogP contribution < -0.4 is 9.47 Å². The molecule has 0 saturated carbocycles. The summed E-state index contributed by atoms with van der Waals surface area (Å²) < 4.78 is 16.8. The monoisotopic (exact) mass is 441 g/mol. The topological polar surface area (TPSA) is 68.2 Å². The number of carbonyl (C=O) groups excluding carboxylic acids is 1. The number of hydrogen-bond donors (Lipinski definition) is 1. The molecular formula is C26H35NO5. The van der Waals surface area contributed by atoms with E-state index in [0.29, 0.717) is 24.6 Å². The number of benzene rings is 2. The van der Waals surface area contributed by atoms with Gasteiger partial charge in [-0.1, -0.05) is 43.3 Å². The molecule has 0 aliphatic carbocycles. The molecule has 3 rings (SSSR count). The van der Waals surface area contributed by atoms with Gasteiger partial charge in [-0.05, 0) is 49.9 Å². The minimum Gasteiger partial charge on any atom is -0.493 e. The Morgan fingerprint density at radius 3 is 2.50 bits per heavy atom. The van der Waals surface area contributed by atoms with Gasteiger partial charge >= 0.3 is 6.09 Å². The highest BCUT2D eigenvalue weighted by molar-refractivity contribution is 5.68. The van der Waals surface area contributed by atoms with Crippen LogP contribution in [0.4, 0.5) is 4.79 Å². The molecule has 6 heteroatoms. The van der Waals surface area contributed by atoms with Crippen molar-refractivity contribution in [3.05, 3.63) is 59.7 Å². The van der Waals surface area contributed by atoms with Gasteiger partial charge < -0.3 is 24.2 Å². The van der Waals surface area contributed by atoms with Crippen molar-refractivity contribution in [3.8, 4) is 11.5 Å². The first-order valence-electron chi connectivity index (χ1n) is 11.2. The Bertz CT molecular complexity index is 900. The Morgan fingerprint density at radius 1 is 1.16 bits per heavy atom. The first-order chi connectivity index (χ1) is 15.3. The van der Waals surface area contributed by atoms with E-state index in [1.165, 1.54) is 12.7 Å². The molecule has 2 aromatic carbocycles. The zero-order valence-corrected chi connectivity index (χ0v) is 19.7. The number of amides is 1. The summed E-state index contributed by atoms with van der Waals surface area (Å²) in [6, 6.07) is 16.2. The minimum absolute atomic E-state index is 0.00218. The number of rotatable bonds is 8. The zero-order valence-electron chi connectivity index (χ0n) is 19.7. The lowest BCUT2D eigenvalue weighted by Gasteiger charge is -2.33. The standard InChI is InChI=1S/C26H35NO5/c1-18(11-12-20-9-7-6-8-10-20)32-24-15-21(13-14-23(24)30-4)22-16-27(25(29)31-5)17-26(22,3)19(2)28/h6-10,13-15,18-19,22,28H,11-12,16-17H2,1-5H3/t18?,19-,22+,26+/m1/s1. The summed E-state index contributed by atoms with van der Waals surface area (Å²) in [4.78, 5) is 13.8. The van der Waals surface area contributed by atoms with Crippen LogP contribution in [0.15, 0.2) is 48.5 Å². The van der Waals surface area contributed by atoms with Crippen molar-refractivity contribution >= 4 is 6.09 Å². The SMILES string of the molecule is COC(=O)N1C[C@@H](c2ccc(OC)c(OC(C)CCc3ccccc3)c2)[C@](C)([C@@H](C)O)C1. The zero-order chi connectivity index (χ0) is 23.3. The Kier molecular flexibility index (Phi) is 7.67. The quantitative estimate of drug-likeness (QED) is 0.646. The molecule has 0 aromatic heterocycles. The van der Waals surface area contributed by atoms with Gasteiger partial charge in [0, 0.05) is 24.4 Å². The second-order valence-corrected chi connectivity index (χ2v) is 8.95. The lowest BCUT2D eigenvalue weighted by molar-refractivity contribution is 0.0470. The molecule has 1 aliphatic heterocycles. The maximum Gasteiger partial charge on any atom is 0.409 e. The van der Waals surface area contributed by atoms with Crippen LogP contribution >= 0.6 is 0 Å². The summed E-state index contributed by atoms with van der Waals surface area (Å²) in [5.74, 6) is 1.28. The molecule has 174 valence electrons. The number of aliphatic hydroxyl groups excluding tert-OH is 1. The van der Waals surface area contributed by atoms with E-state index in [2.05, 4.69) is 19.1 Å². The fourth-order valence-corrected chi connectivity index (χ4v) is 4.48. The summed E-state index contributed by atoms with van der Waals surface area (Å²) in [5, 5.41) is 10.6. The molecule has 0 spiro atoms. The van der Waals surface area contributed by atoms with Gasteiger partial charge in [-0.2, -0.15) is 0 Å². The van der Waals surface area contributed by atoms with Gasteiger partial charge in [0.2, 0.25) is 0 Å². The van der Waals surface area contributed by atoms with Crippen LogP contribution in [0.3, 0.4) is 0 Å². The highest BCUT2D eigenvalue weighted by atomic mass is 16.5. The fourth-order valence-electron chi connectivity index (χ4n) is 4.48. The number of nitrogens with zero attached hydrogens (tertiary/aromatic N) is 1. The molecule has 2 aromatic rings. The second kappa shape index (κ2) is 10.3. The largest absolute Gasteiger partial charge is 0.493 e. The molecule has 0 radical (unpaired) electrons.